The van der Waals surface area contributed by atoms with Gasteiger partial charge in [0.15, 0.2) is 0 Å². The van der Waals surface area contributed by atoms with E-state index in [1.165, 1.54) is 5.56 Å². The van der Waals surface area contributed by atoms with Crippen molar-refractivity contribution in [2.45, 2.75) is 34.2 Å². The highest BCUT2D eigenvalue weighted by Crippen LogP contribution is 2.27. The number of nitrogens with zero attached hydrogens (tertiary/aromatic N) is 1. The Morgan fingerprint density at radius 3 is 2.29 bits per heavy atom. The summed E-state index contributed by atoms with van der Waals surface area (Å²) in [6.07, 6.45) is 0. The third-order valence-corrected chi connectivity index (χ3v) is 4.35. The van der Waals surface area contributed by atoms with Crippen LogP contribution in [0, 0.1) is 11.3 Å². The number of carbonyl (C=O) groups excluding carboxylic acids is 1. The van der Waals surface area contributed by atoms with Gasteiger partial charge in [0.2, 0.25) is 0 Å². The minimum Gasteiger partial charge on any atom is -0.459 e. The standard InChI is InChI=1S/C18H30NO2/c1-15(2)18(3,4)17(20)21-13-12-19(5,6)14-16-10-8-7-9-11-16/h7-11,15H,12-14H2,1-6H3/q+1. The average Bonchev–Trinajstić information content (AvgIpc) is 2.38. The molecule has 0 unspecified atom stereocenters. The zero-order valence-electron chi connectivity index (χ0n) is 14.3. The fourth-order valence-electron chi connectivity index (χ4n) is 1.96. The maximum atomic E-state index is 12.1. The van der Waals surface area contributed by atoms with E-state index in [1.807, 2.05) is 19.9 Å². The lowest BCUT2D eigenvalue weighted by Crippen LogP contribution is -2.42. The Labute approximate surface area is 129 Å². The summed E-state index contributed by atoms with van der Waals surface area (Å²) in [6.45, 7) is 10.2. The zero-order chi connectivity index (χ0) is 16.1. The molecule has 0 spiro atoms. The molecular formula is C18H30NO2+. The van der Waals surface area contributed by atoms with E-state index in [0.29, 0.717) is 6.61 Å². The second-order valence-corrected chi connectivity index (χ2v) is 7.32. The van der Waals surface area contributed by atoms with E-state index in [2.05, 4.69) is 52.2 Å². The third-order valence-electron chi connectivity index (χ3n) is 4.35. The van der Waals surface area contributed by atoms with Crippen LogP contribution < -0.4 is 0 Å². The lowest BCUT2D eigenvalue weighted by Gasteiger charge is -2.31. The summed E-state index contributed by atoms with van der Waals surface area (Å²) in [5.74, 6) is 0.175. The van der Waals surface area contributed by atoms with Crippen molar-refractivity contribution in [2.24, 2.45) is 11.3 Å². The molecule has 0 N–H and O–H groups in total. The predicted molar refractivity (Wildman–Crippen MR) is 86.7 cm³/mol. The summed E-state index contributed by atoms with van der Waals surface area (Å²) >= 11 is 0. The Hall–Kier alpha value is -1.35. The van der Waals surface area contributed by atoms with Gasteiger partial charge in [-0.15, -0.1) is 0 Å². The monoisotopic (exact) mass is 292 g/mol. The SMILES string of the molecule is CC(C)C(C)(C)C(=O)OCC[N+](C)(C)Cc1ccccc1. The number of benzene rings is 1. The summed E-state index contributed by atoms with van der Waals surface area (Å²) in [6, 6.07) is 10.4. The van der Waals surface area contributed by atoms with Crippen molar-refractivity contribution < 1.29 is 14.0 Å². The molecular weight excluding hydrogens is 262 g/mol. The molecule has 0 amide bonds. The van der Waals surface area contributed by atoms with E-state index in [4.69, 9.17) is 4.74 Å². The van der Waals surface area contributed by atoms with Gasteiger partial charge in [-0.2, -0.15) is 0 Å². The van der Waals surface area contributed by atoms with Gasteiger partial charge in [0.05, 0.1) is 19.5 Å². The van der Waals surface area contributed by atoms with Crippen molar-refractivity contribution in [1.29, 1.82) is 0 Å². The molecule has 0 atom stereocenters. The molecule has 0 aliphatic heterocycles. The van der Waals surface area contributed by atoms with Crippen LogP contribution in [0.3, 0.4) is 0 Å². The molecule has 0 heterocycles. The van der Waals surface area contributed by atoms with Crippen LogP contribution in [0.1, 0.15) is 33.3 Å². The molecule has 1 aromatic rings. The molecule has 0 aromatic heterocycles. The first kappa shape index (κ1) is 17.7. The van der Waals surface area contributed by atoms with Crippen LogP contribution in [0.4, 0.5) is 0 Å². The van der Waals surface area contributed by atoms with Crippen molar-refractivity contribution in [3.63, 3.8) is 0 Å². The molecule has 1 rings (SSSR count). The number of hydrogen-bond donors (Lipinski definition) is 0. The van der Waals surface area contributed by atoms with Gasteiger partial charge in [-0.25, -0.2) is 0 Å². The molecule has 0 radical (unpaired) electrons. The summed E-state index contributed by atoms with van der Waals surface area (Å²) in [7, 11) is 4.32. The molecule has 0 saturated carbocycles. The van der Waals surface area contributed by atoms with Gasteiger partial charge < -0.3 is 9.22 Å². The maximum absolute atomic E-state index is 12.1. The second kappa shape index (κ2) is 7.08. The van der Waals surface area contributed by atoms with Crippen LogP contribution >= 0.6 is 0 Å². The molecule has 21 heavy (non-hydrogen) atoms. The first-order chi connectivity index (χ1) is 9.65. The molecule has 1 aromatic carbocycles. The number of carbonyl (C=O) groups is 1. The van der Waals surface area contributed by atoms with E-state index < -0.39 is 5.41 Å². The van der Waals surface area contributed by atoms with E-state index in [9.17, 15) is 4.79 Å². The van der Waals surface area contributed by atoms with E-state index in [-0.39, 0.29) is 11.9 Å². The third kappa shape index (κ3) is 5.50. The van der Waals surface area contributed by atoms with Crippen LogP contribution in [-0.2, 0) is 16.1 Å². The van der Waals surface area contributed by atoms with Crippen LogP contribution in [0.25, 0.3) is 0 Å². The Morgan fingerprint density at radius 2 is 1.76 bits per heavy atom. The van der Waals surface area contributed by atoms with Gasteiger partial charge in [-0.05, 0) is 19.8 Å². The highest BCUT2D eigenvalue weighted by atomic mass is 16.5. The van der Waals surface area contributed by atoms with Crippen LogP contribution in [-0.4, -0.2) is 37.7 Å². The molecule has 3 nitrogen and oxygen atoms in total. The number of ether oxygens (including phenoxy) is 1. The van der Waals surface area contributed by atoms with Crippen molar-refractivity contribution in [3.8, 4) is 0 Å². The molecule has 3 heteroatoms. The molecule has 0 aliphatic carbocycles. The molecule has 118 valence electrons. The first-order valence-electron chi connectivity index (χ1n) is 7.68. The van der Waals surface area contributed by atoms with E-state index in [1.54, 1.807) is 0 Å². The topological polar surface area (TPSA) is 26.3 Å². The quantitative estimate of drug-likeness (QED) is 0.568. The summed E-state index contributed by atoms with van der Waals surface area (Å²) in [4.78, 5) is 12.1. The van der Waals surface area contributed by atoms with Crippen LogP contribution in [0.15, 0.2) is 30.3 Å². The van der Waals surface area contributed by atoms with Crippen molar-refractivity contribution in [1.82, 2.24) is 0 Å². The van der Waals surface area contributed by atoms with Gasteiger partial charge in [-0.3, -0.25) is 4.79 Å². The fraction of sp³-hybridized carbons (Fsp3) is 0.611. The fourth-order valence-corrected chi connectivity index (χ4v) is 1.96. The summed E-state index contributed by atoms with van der Waals surface area (Å²) in [5, 5.41) is 0. The Bertz CT molecular complexity index is 450. The normalized spacial score (nSPS) is 12.5. The largest absolute Gasteiger partial charge is 0.459 e. The number of quaternary nitrogens is 1. The van der Waals surface area contributed by atoms with Gasteiger partial charge in [-0.1, -0.05) is 44.2 Å². The zero-order valence-corrected chi connectivity index (χ0v) is 14.3. The number of rotatable bonds is 7. The Balaban J connectivity index is 2.46. The molecule has 0 fully saturated rings. The highest BCUT2D eigenvalue weighted by molar-refractivity contribution is 5.76. The van der Waals surface area contributed by atoms with E-state index >= 15 is 0 Å². The number of esters is 1. The smallest absolute Gasteiger partial charge is 0.311 e. The van der Waals surface area contributed by atoms with Gasteiger partial charge in [0, 0.05) is 5.56 Å². The second-order valence-electron chi connectivity index (χ2n) is 7.32. The van der Waals surface area contributed by atoms with Crippen LogP contribution in [0.5, 0.6) is 0 Å². The average molecular weight is 292 g/mol. The van der Waals surface area contributed by atoms with Crippen LogP contribution in [0.2, 0.25) is 0 Å². The minimum atomic E-state index is -0.420. The van der Waals surface area contributed by atoms with Crippen molar-refractivity contribution in [3.05, 3.63) is 35.9 Å². The predicted octanol–water partition coefficient (Wildman–Crippen LogP) is 3.49. The molecule has 0 aliphatic rings. The summed E-state index contributed by atoms with van der Waals surface area (Å²) < 4.78 is 6.29. The van der Waals surface area contributed by atoms with Gasteiger partial charge >= 0.3 is 5.97 Å². The lowest BCUT2D eigenvalue weighted by molar-refractivity contribution is -0.903. The first-order valence-corrected chi connectivity index (χ1v) is 7.68. The van der Waals surface area contributed by atoms with Crippen molar-refractivity contribution >= 4 is 5.97 Å². The Morgan fingerprint density at radius 1 is 1.19 bits per heavy atom. The number of likely N-dealkylation sites (N-methyl/N-ethyl adjacent to an activating group) is 1. The molecule has 0 bridgehead atoms. The minimum absolute atomic E-state index is 0.0998. The highest BCUT2D eigenvalue weighted by Gasteiger charge is 2.33. The maximum Gasteiger partial charge on any atom is 0.311 e. The van der Waals surface area contributed by atoms with E-state index in [0.717, 1.165) is 17.6 Å². The van der Waals surface area contributed by atoms with Gasteiger partial charge in [0.25, 0.3) is 0 Å². The summed E-state index contributed by atoms with van der Waals surface area (Å²) in [5.41, 5.74) is 0.882. The van der Waals surface area contributed by atoms with Crippen molar-refractivity contribution in [2.75, 3.05) is 27.2 Å². The Kier molecular flexibility index (Phi) is 5.97. The lowest BCUT2D eigenvalue weighted by atomic mass is 9.81. The molecule has 0 saturated heterocycles. The van der Waals surface area contributed by atoms with Gasteiger partial charge in [0.1, 0.15) is 19.7 Å². The number of hydrogen-bond acceptors (Lipinski definition) is 2.